The van der Waals surface area contributed by atoms with E-state index in [0.29, 0.717) is 13.1 Å². The van der Waals surface area contributed by atoms with Crippen LogP contribution in [0.1, 0.15) is 0 Å². The molecule has 0 aliphatic heterocycles. The van der Waals surface area contributed by atoms with E-state index in [-0.39, 0.29) is 12.0 Å². The fraction of sp³-hybridized carbons (Fsp3) is 0.600. The Morgan fingerprint density at radius 3 is 3.00 bits per heavy atom. The standard InChI is InChI=1S/C5H11N7O/c1-7-5(13)8-2-3-12-4(6)9-10-11-12/h2-3H2,1H3,(H2,6,9,11)(H2,7,8,13). The van der Waals surface area contributed by atoms with Crippen LogP contribution >= 0.6 is 0 Å². The molecule has 0 unspecified atom stereocenters. The highest BCUT2D eigenvalue weighted by Crippen LogP contribution is 1.89. The summed E-state index contributed by atoms with van der Waals surface area (Å²) >= 11 is 0. The van der Waals surface area contributed by atoms with E-state index in [0.717, 1.165) is 0 Å². The van der Waals surface area contributed by atoms with E-state index in [9.17, 15) is 4.79 Å². The van der Waals surface area contributed by atoms with E-state index in [1.54, 1.807) is 7.05 Å². The summed E-state index contributed by atoms with van der Waals surface area (Å²) in [4.78, 5) is 10.7. The molecule has 8 nitrogen and oxygen atoms in total. The van der Waals surface area contributed by atoms with Gasteiger partial charge in [0.25, 0.3) is 0 Å². The maximum absolute atomic E-state index is 10.7. The first-order valence-electron chi connectivity index (χ1n) is 3.71. The summed E-state index contributed by atoms with van der Waals surface area (Å²) in [6, 6.07) is -0.244. The molecule has 0 saturated heterocycles. The van der Waals surface area contributed by atoms with E-state index in [2.05, 4.69) is 26.2 Å². The smallest absolute Gasteiger partial charge is 0.314 e. The first kappa shape index (κ1) is 9.23. The summed E-state index contributed by atoms with van der Waals surface area (Å²) < 4.78 is 1.40. The molecule has 1 heterocycles. The van der Waals surface area contributed by atoms with Crippen molar-refractivity contribution in [2.75, 3.05) is 19.3 Å². The molecule has 1 aromatic rings. The van der Waals surface area contributed by atoms with E-state index >= 15 is 0 Å². The number of nitrogens with one attached hydrogen (secondary N) is 2. The normalized spacial score (nSPS) is 9.62. The van der Waals surface area contributed by atoms with Crippen LogP contribution in [0.5, 0.6) is 0 Å². The van der Waals surface area contributed by atoms with Crippen LogP contribution in [0, 0.1) is 0 Å². The molecule has 0 aliphatic rings. The topological polar surface area (TPSA) is 111 Å². The van der Waals surface area contributed by atoms with Crippen molar-refractivity contribution in [1.82, 2.24) is 30.8 Å². The second kappa shape index (κ2) is 4.24. The van der Waals surface area contributed by atoms with Gasteiger partial charge in [0.15, 0.2) is 0 Å². The van der Waals surface area contributed by atoms with Crippen LogP contribution in [-0.2, 0) is 6.54 Å². The van der Waals surface area contributed by atoms with Gasteiger partial charge in [-0.1, -0.05) is 5.10 Å². The Kier molecular flexibility index (Phi) is 3.01. The van der Waals surface area contributed by atoms with Crippen LogP contribution < -0.4 is 16.4 Å². The number of tetrazole rings is 1. The molecular formula is C5H11N7O. The number of nitrogens with two attached hydrogens (primary N) is 1. The maximum Gasteiger partial charge on any atom is 0.314 e. The van der Waals surface area contributed by atoms with Gasteiger partial charge in [-0.2, -0.15) is 0 Å². The van der Waals surface area contributed by atoms with Crippen molar-refractivity contribution < 1.29 is 4.79 Å². The molecule has 13 heavy (non-hydrogen) atoms. The van der Waals surface area contributed by atoms with Crippen molar-refractivity contribution in [1.29, 1.82) is 0 Å². The second-order valence-electron chi connectivity index (χ2n) is 2.27. The molecule has 4 N–H and O–H groups in total. The van der Waals surface area contributed by atoms with Gasteiger partial charge in [0.05, 0.1) is 6.54 Å². The summed E-state index contributed by atoms with van der Waals surface area (Å²) in [6.07, 6.45) is 0. The number of nitrogen functional groups attached to an aromatic ring is 1. The van der Waals surface area contributed by atoms with Crippen molar-refractivity contribution in [2.45, 2.75) is 6.54 Å². The molecule has 0 atom stereocenters. The quantitative estimate of drug-likeness (QED) is 0.513. The van der Waals surface area contributed by atoms with Crippen molar-refractivity contribution in [3.8, 4) is 0 Å². The highest BCUT2D eigenvalue weighted by molar-refractivity contribution is 5.73. The number of carbonyl (C=O) groups is 1. The minimum atomic E-state index is -0.244. The third kappa shape index (κ3) is 2.58. The molecule has 1 aromatic heterocycles. The summed E-state index contributed by atoms with van der Waals surface area (Å²) in [5, 5.41) is 15.4. The van der Waals surface area contributed by atoms with Gasteiger partial charge in [-0.25, -0.2) is 9.48 Å². The lowest BCUT2D eigenvalue weighted by molar-refractivity contribution is 0.242. The third-order valence-corrected chi connectivity index (χ3v) is 1.40. The van der Waals surface area contributed by atoms with E-state index in [4.69, 9.17) is 5.73 Å². The molecule has 0 spiro atoms. The Hall–Kier alpha value is -1.86. The number of anilines is 1. The number of hydrogen-bond acceptors (Lipinski definition) is 5. The second-order valence-corrected chi connectivity index (χ2v) is 2.27. The van der Waals surface area contributed by atoms with Crippen LogP contribution in [0.2, 0.25) is 0 Å². The predicted molar refractivity (Wildman–Crippen MR) is 44.7 cm³/mol. The van der Waals surface area contributed by atoms with Gasteiger partial charge in [0.1, 0.15) is 0 Å². The number of nitrogens with zero attached hydrogens (tertiary/aromatic N) is 4. The SMILES string of the molecule is CNC(=O)NCCn1nnnc1N. The van der Waals surface area contributed by atoms with Gasteiger partial charge in [0.2, 0.25) is 5.95 Å². The largest absolute Gasteiger partial charge is 0.367 e. The zero-order valence-corrected chi connectivity index (χ0v) is 7.19. The minimum Gasteiger partial charge on any atom is -0.367 e. The van der Waals surface area contributed by atoms with Gasteiger partial charge in [0, 0.05) is 13.6 Å². The first-order chi connectivity index (χ1) is 6.24. The number of hydrogen-bond donors (Lipinski definition) is 3. The summed E-state index contributed by atoms with van der Waals surface area (Å²) in [6.45, 7) is 0.876. The molecule has 0 saturated carbocycles. The Bertz CT molecular complexity index is 282. The molecule has 0 bridgehead atoms. The molecule has 2 amide bonds. The van der Waals surface area contributed by atoms with Crippen LogP contribution in [-0.4, -0.2) is 39.8 Å². The van der Waals surface area contributed by atoms with Crippen molar-refractivity contribution in [2.24, 2.45) is 0 Å². The first-order valence-corrected chi connectivity index (χ1v) is 3.71. The zero-order chi connectivity index (χ0) is 9.68. The fourth-order valence-electron chi connectivity index (χ4n) is 0.735. The number of carbonyl (C=O) groups excluding carboxylic acids is 1. The summed E-state index contributed by atoms with van der Waals surface area (Å²) in [7, 11) is 1.54. The third-order valence-electron chi connectivity index (χ3n) is 1.40. The lowest BCUT2D eigenvalue weighted by atomic mass is 10.6. The molecule has 1 rings (SSSR count). The average Bonchev–Trinajstić information content (AvgIpc) is 2.52. The van der Waals surface area contributed by atoms with Gasteiger partial charge in [-0.05, 0) is 10.4 Å². The van der Waals surface area contributed by atoms with Gasteiger partial charge in [-0.15, -0.1) is 0 Å². The molecule has 0 radical (unpaired) electrons. The van der Waals surface area contributed by atoms with Crippen molar-refractivity contribution >= 4 is 12.0 Å². The molecule has 0 aromatic carbocycles. The molecular weight excluding hydrogens is 174 g/mol. The maximum atomic E-state index is 10.7. The number of rotatable bonds is 3. The lowest BCUT2D eigenvalue weighted by Crippen LogP contribution is -2.35. The van der Waals surface area contributed by atoms with Crippen LogP contribution in [0.25, 0.3) is 0 Å². The number of aromatic nitrogens is 4. The molecule has 72 valence electrons. The van der Waals surface area contributed by atoms with Gasteiger partial charge in [-0.3, -0.25) is 0 Å². The zero-order valence-electron chi connectivity index (χ0n) is 7.19. The van der Waals surface area contributed by atoms with Crippen LogP contribution in [0.3, 0.4) is 0 Å². The average molecular weight is 185 g/mol. The Morgan fingerprint density at radius 1 is 1.69 bits per heavy atom. The van der Waals surface area contributed by atoms with Crippen LogP contribution in [0.15, 0.2) is 0 Å². The summed E-state index contributed by atoms with van der Waals surface area (Å²) in [5.41, 5.74) is 5.39. The lowest BCUT2D eigenvalue weighted by Gasteiger charge is -2.03. The highest BCUT2D eigenvalue weighted by atomic mass is 16.2. The highest BCUT2D eigenvalue weighted by Gasteiger charge is 2.00. The van der Waals surface area contributed by atoms with Crippen molar-refractivity contribution in [3.63, 3.8) is 0 Å². The summed E-state index contributed by atoms with van der Waals surface area (Å²) in [5.74, 6) is 0.235. The van der Waals surface area contributed by atoms with E-state index < -0.39 is 0 Å². The Morgan fingerprint density at radius 2 is 2.46 bits per heavy atom. The fourth-order valence-corrected chi connectivity index (χ4v) is 0.735. The van der Waals surface area contributed by atoms with E-state index in [1.165, 1.54) is 4.68 Å². The number of urea groups is 1. The van der Waals surface area contributed by atoms with Crippen molar-refractivity contribution in [3.05, 3.63) is 0 Å². The molecule has 8 heteroatoms. The van der Waals surface area contributed by atoms with Gasteiger partial charge >= 0.3 is 6.03 Å². The molecule has 0 fully saturated rings. The number of amides is 2. The predicted octanol–water partition coefficient (Wildman–Crippen LogP) is -1.82. The Balaban J connectivity index is 2.28. The minimum absolute atomic E-state index is 0.235. The Labute approximate surface area is 74.5 Å². The molecule has 0 aliphatic carbocycles. The monoisotopic (exact) mass is 185 g/mol. The van der Waals surface area contributed by atoms with E-state index in [1.807, 2.05) is 0 Å². The van der Waals surface area contributed by atoms with Gasteiger partial charge < -0.3 is 16.4 Å². The van der Waals surface area contributed by atoms with Crippen LogP contribution in [0.4, 0.5) is 10.7 Å².